The summed E-state index contributed by atoms with van der Waals surface area (Å²) >= 11 is 0. The first kappa shape index (κ1) is 10.5. The highest BCUT2D eigenvalue weighted by atomic mass is 16.5. The molecular formula is C11H13N3O2. The zero-order valence-electron chi connectivity index (χ0n) is 9.23. The van der Waals surface area contributed by atoms with Crippen molar-refractivity contribution in [3.63, 3.8) is 0 Å². The molecule has 1 heterocycles. The van der Waals surface area contributed by atoms with E-state index < -0.39 is 0 Å². The molecule has 0 spiro atoms. The zero-order chi connectivity index (χ0) is 11.5. The standard InChI is InChI=1S/C11H13N3O2/c1-14(11(15)16-2)7-10-12-8-5-3-4-6-9(8)13-10/h3-6H,7H2,1-2H3,(H,12,13). The van der Waals surface area contributed by atoms with Crippen molar-refractivity contribution in [3.05, 3.63) is 30.1 Å². The van der Waals surface area contributed by atoms with Gasteiger partial charge >= 0.3 is 6.09 Å². The zero-order valence-corrected chi connectivity index (χ0v) is 9.23. The van der Waals surface area contributed by atoms with Crippen molar-refractivity contribution in [3.8, 4) is 0 Å². The predicted molar refractivity (Wildman–Crippen MR) is 60.0 cm³/mol. The largest absolute Gasteiger partial charge is 0.453 e. The van der Waals surface area contributed by atoms with Crippen LogP contribution >= 0.6 is 0 Å². The number of imidazole rings is 1. The molecule has 1 N–H and O–H groups in total. The number of carbonyl (C=O) groups is 1. The van der Waals surface area contributed by atoms with Gasteiger partial charge < -0.3 is 14.6 Å². The van der Waals surface area contributed by atoms with Crippen LogP contribution in [0.15, 0.2) is 24.3 Å². The van der Waals surface area contributed by atoms with E-state index in [-0.39, 0.29) is 6.09 Å². The second-order valence-corrected chi connectivity index (χ2v) is 3.53. The van der Waals surface area contributed by atoms with Gasteiger partial charge in [0.1, 0.15) is 5.82 Å². The molecule has 0 saturated heterocycles. The van der Waals surface area contributed by atoms with E-state index in [1.807, 2.05) is 24.3 Å². The van der Waals surface area contributed by atoms with Gasteiger partial charge in [-0.15, -0.1) is 0 Å². The lowest BCUT2D eigenvalue weighted by Gasteiger charge is -2.13. The summed E-state index contributed by atoms with van der Waals surface area (Å²) in [6, 6.07) is 7.74. The fraction of sp³-hybridized carbons (Fsp3) is 0.273. The van der Waals surface area contributed by atoms with Gasteiger partial charge in [-0.25, -0.2) is 9.78 Å². The maximum Gasteiger partial charge on any atom is 0.409 e. The lowest BCUT2D eigenvalue weighted by atomic mass is 10.3. The van der Waals surface area contributed by atoms with Crippen molar-refractivity contribution >= 4 is 17.1 Å². The molecule has 1 aromatic carbocycles. The van der Waals surface area contributed by atoms with Crippen LogP contribution in [0.1, 0.15) is 5.82 Å². The maximum absolute atomic E-state index is 11.2. The molecule has 0 atom stereocenters. The summed E-state index contributed by atoms with van der Waals surface area (Å²) in [5.74, 6) is 0.745. The molecule has 1 aromatic heterocycles. The molecule has 0 saturated carbocycles. The molecule has 0 aliphatic rings. The summed E-state index contributed by atoms with van der Waals surface area (Å²) in [5, 5.41) is 0. The van der Waals surface area contributed by atoms with Crippen molar-refractivity contribution in [1.82, 2.24) is 14.9 Å². The van der Waals surface area contributed by atoms with Crippen molar-refractivity contribution in [2.45, 2.75) is 6.54 Å². The summed E-state index contributed by atoms with van der Waals surface area (Å²) in [6.07, 6.45) is -0.375. The van der Waals surface area contributed by atoms with Crippen molar-refractivity contribution < 1.29 is 9.53 Å². The average Bonchev–Trinajstić information content (AvgIpc) is 2.69. The second-order valence-electron chi connectivity index (χ2n) is 3.53. The summed E-state index contributed by atoms with van der Waals surface area (Å²) in [5.41, 5.74) is 1.87. The van der Waals surface area contributed by atoms with Crippen LogP contribution in [0.2, 0.25) is 0 Å². The molecule has 0 fully saturated rings. The van der Waals surface area contributed by atoms with Gasteiger partial charge in [0.05, 0.1) is 24.7 Å². The number of aromatic amines is 1. The van der Waals surface area contributed by atoms with Gasteiger partial charge in [0.15, 0.2) is 0 Å². The second kappa shape index (κ2) is 4.22. The molecule has 0 unspecified atom stereocenters. The first-order valence-electron chi connectivity index (χ1n) is 4.93. The average molecular weight is 219 g/mol. The Labute approximate surface area is 93.0 Å². The van der Waals surface area contributed by atoms with Gasteiger partial charge in [-0.2, -0.15) is 0 Å². The number of nitrogens with zero attached hydrogens (tertiary/aromatic N) is 2. The number of fused-ring (bicyclic) bond motifs is 1. The molecule has 5 heteroatoms. The Hall–Kier alpha value is -2.04. The van der Waals surface area contributed by atoms with Crippen molar-refractivity contribution in [2.75, 3.05) is 14.2 Å². The minimum atomic E-state index is -0.375. The molecule has 2 rings (SSSR count). The molecule has 0 aliphatic carbocycles. The smallest absolute Gasteiger partial charge is 0.409 e. The van der Waals surface area contributed by atoms with Crippen LogP contribution in [0.4, 0.5) is 4.79 Å². The van der Waals surface area contributed by atoms with Crippen LogP contribution in [0, 0.1) is 0 Å². The van der Waals surface area contributed by atoms with Crippen molar-refractivity contribution in [2.24, 2.45) is 0 Å². The molecule has 5 nitrogen and oxygen atoms in total. The number of carbonyl (C=O) groups excluding carboxylic acids is 1. The monoisotopic (exact) mass is 219 g/mol. The normalized spacial score (nSPS) is 10.4. The number of ether oxygens (including phenoxy) is 1. The van der Waals surface area contributed by atoms with Crippen LogP contribution in [0.25, 0.3) is 11.0 Å². The number of benzene rings is 1. The highest BCUT2D eigenvalue weighted by Crippen LogP contribution is 2.11. The van der Waals surface area contributed by atoms with Gasteiger partial charge in [0.25, 0.3) is 0 Å². The number of nitrogens with one attached hydrogen (secondary N) is 1. The number of hydrogen-bond acceptors (Lipinski definition) is 3. The molecule has 0 radical (unpaired) electrons. The molecule has 16 heavy (non-hydrogen) atoms. The minimum absolute atomic E-state index is 0.375. The topological polar surface area (TPSA) is 58.2 Å². The third-order valence-corrected chi connectivity index (χ3v) is 2.31. The predicted octanol–water partition coefficient (Wildman–Crippen LogP) is 1.76. The number of aromatic nitrogens is 2. The maximum atomic E-state index is 11.2. The Morgan fingerprint density at radius 2 is 2.25 bits per heavy atom. The molecule has 1 amide bonds. The van der Waals surface area contributed by atoms with E-state index in [1.165, 1.54) is 12.0 Å². The van der Waals surface area contributed by atoms with E-state index in [0.29, 0.717) is 6.54 Å². The van der Waals surface area contributed by atoms with Crippen LogP contribution in [0.5, 0.6) is 0 Å². The highest BCUT2D eigenvalue weighted by molar-refractivity contribution is 5.74. The van der Waals surface area contributed by atoms with Crippen LogP contribution in [-0.2, 0) is 11.3 Å². The van der Waals surface area contributed by atoms with Gasteiger partial charge in [-0.1, -0.05) is 12.1 Å². The Kier molecular flexibility index (Phi) is 2.76. The fourth-order valence-electron chi connectivity index (χ4n) is 1.53. The Morgan fingerprint density at radius 3 is 2.94 bits per heavy atom. The SMILES string of the molecule is COC(=O)N(C)Cc1nc2ccccc2[nH]1. The van der Waals surface area contributed by atoms with Gasteiger partial charge in [0.2, 0.25) is 0 Å². The number of para-hydroxylation sites is 2. The van der Waals surface area contributed by atoms with Crippen LogP contribution in [-0.4, -0.2) is 35.1 Å². The third-order valence-electron chi connectivity index (χ3n) is 2.31. The number of rotatable bonds is 2. The van der Waals surface area contributed by atoms with E-state index in [9.17, 15) is 4.79 Å². The number of H-pyrrole nitrogens is 1. The van der Waals surface area contributed by atoms with Gasteiger partial charge in [-0.05, 0) is 12.1 Å². The fourth-order valence-corrected chi connectivity index (χ4v) is 1.53. The quantitative estimate of drug-likeness (QED) is 0.837. The summed E-state index contributed by atoms with van der Waals surface area (Å²) in [6.45, 7) is 0.404. The molecule has 0 aliphatic heterocycles. The molecule has 0 bridgehead atoms. The summed E-state index contributed by atoms with van der Waals surface area (Å²) in [4.78, 5) is 20.2. The number of amides is 1. The van der Waals surface area contributed by atoms with Gasteiger partial charge in [-0.3, -0.25) is 0 Å². The van der Waals surface area contributed by atoms with Crippen LogP contribution < -0.4 is 0 Å². The molecular weight excluding hydrogens is 206 g/mol. The van der Waals surface area contributed by atoms with E-state index in [2.05, 4.69) is 14.7 Å². The minimum Gasteiger partial charge on any atom is -0.453 e. The van der Waals surface area contributed by atoms with E-state index in [1.54, 1.807) is 7.05 Å². The van der Waals surface area contributed by atoms with E-state index in [0.717, 1.165) is 16.9 Å². The Bertz CT molecular complexity index is 474. The summed E-state index contributed by atoms with van der Waals surface area (Å²) in [7, 11) is 3.02. The van der Waals surface area contributed by atoms with E-state index in [4.69, 9.17) is 0 Å². The molecule has 84 valence electrons. The molecule has 2 aromatic rings. The highest BCUT2D eigenvalue weighted by Gasteiger charge is 2.10. The van der Waals surface area contributed by atoms with E-state index >= 15 is 0 Å². The Morgan fingerprint density at radius 1 is 1.50 bits per heavy atom. The third kappa shape index (κ3) is 1.98. The number of methoxy groups -OCH3 is 1. The summed E-state index contributed by atoms with van der Waals surface area (Å²) < 4.78 is 4.60. The van der Waals surface area contributed by atoms with Crippen LogP contribution in [0.3, 0.4) is 0 Å². The first-order valence-corrected chi connectivity index (χ1v) is 4.93. The van der Waals surface area contributed by atoms with Gasteiger partial charge in [0, 0.05) is 7.05 Å². The Balaban J connectivity index is 2.18. The van der Waals surface area contributed by atoms with Crippen molar-refractivity contribution in [1.29, 1.82) is 0 Å². The number of hydrogen-bond donors (Lipinski definition) is 1. The first-order chi connectivity index (χ1) is 7.70. The lowest BCUT2D eigenvalue weighted by molar-refractivity contribution is 0.130. The lowest BCUT2D eigenvalue weighted by Crippen LogP contribution is -2.26.